The Balaban J connectivity index is -0.0000000631. The summed E-state index contributed by atoms with van der Waals surface area (Å²) in [6.07, 6.45) is 7.14. The summed E-state index contributed by atoms with van der Waals surface area (Å²) in [7, 11) is 8.50. The minimum absolute atomic E-state index is 0. The van der Waals surface area contributed by atoms with Crippen LogP contribution >= 0.6 is 0 Å². The average Bonchev–Trinajstić information content (AvgIpc) is 2.62. The molecule has 0 atom stereocenters. The van der Waals surface area contributed by atoms with Crippen LogP contribution in [0.2, 0.25) is 0 Å². The van der Waals surface area contributed by atoms with Crippen molar-refractivity contribution in [1.82, 2.24) is 4.98 Å². The number of hydrogen-bond donors (Lipinski definition) is 0. The summed E-state index contributed by atoms with van der Waals surface area (Å²) in [6, 6.07) is 12.1. The number of fused-ring (bicyclic) bond motifs is 1. The largest absolute Gasteiger partial charge is 1.00 e. The number of aromatic nitrogens is 1. The van der Waals surface area contributed by atoms with E-state index in [2.05, 4.69) is 73.0 Å². The van der Waals surface area contributed by atoms with Gasteiger partial charge in [-0.25, -0.2) is 0 Å². The molecule has 7 nitrogen and oxygen atoms in total. The van der Waals surface area contributed by atoms with Crippen molar-refractivity contribution < 1.29 is 112 Å². The van der Waals surface area contributed by atoms with Crippen molar-refractivity contribution in [2.45, 2.75) is 53.4 Å². The molecule has 0 unspecified atom stereocenters. The van der Waals surface area contributed by atoms with E-state index < -0.39 is 0 Å². The van der Waals surface area contributed by atoms with E-state index in [1.54, 1.807) is 0 Å². The van der Waals surface area contributed by atoms with E-state index in [0.29, 0.717) is 0 Å². The molecule has 9 heteroatoms. The summed E-state index contributed by atoms with van der Waals surface area (Å²) in [4.78, 5) is 4.18. The molecule has 4 N–H and O–H groups in total. The normalized spacial score (nSPS) is 9.29. The molecule has 0 aliphatic heterocycles. The smallest absolute Gasteiger partial charge is 0.870 e. The summed E-state index contributed by atoms with van der Waals surface area (Å²) in [6.45, 7) is 14.8. The number of hydrogen-bond acceptors (Lipinski definition) is 5. The summed E-state index contributed by atoms with van der Waals surface area (Å²) in [5, 5.41) is 1.20. The molecule has 0 radical (unpaired) electrons. The Hall–Kier alpha value is 1.03. The first-order valence-corrected chi connectivity index (χ1v) is 11.1. The van der Waals surface area contributed by atoms with Crippen LogP contribution in [-0.2, 0) is 0 Å². The second-order valence-corrected chi connectivity index (χ2v) is 9.12. The van der Waals surface area contributed by atoms with E-state index in [9.17, 15) is 0 Å². The van der Waals surface area contributed by atoms with Gasteiger partial charge in [0.1, 0.15) is 0 Å². The van der Waals surface area contributed by atoms with Crippen molar-refractivity contribution in [3.63, 3.8) is 0 Å². The summed E-state index contributed by atoms with van der Waals surface area (Å²) >= 11 is 0. The molecule has 0 spiro atoms. The van der Waals surface area contributed by atoms with Crippen molar-refractivity contribution in [3.8, 4) is 0 Å². The van der Waals surface area contributed by atoms with Crippen molar-refractivity contribution >= 4 is 10.9 Å². The molecule has 2 aromatic rings. The van der Waals surface area contributed by atoms with Gasteiger partial charge in [0.05, 0.1) is 59.9 Å². The van der Waals surface area contributed by atoms with Gasteiger partial charge in [0, 0.05) is 11.6 Å². The van der Waals surface area contributed by atoms with E-state index in [-0.39, 0.29) is 103 Å². The van der Waals surface area contributed by atoms with Crippen molar-refractivity contribution in [2.75, 3.05) is 54.4 Å². The van der Waals surface area contributed by atoms with Crippen molar-refractivity contribution in [1.29, 1.82) is 0 Å². The van der Waals surface area contributed by atoms with Gasteiger partial charge < -0.3 is 30.9 Å². The van der Waals surface area contributed by atoms with Crippen molar-refractivity contribution in [3.05, 3.63) is 42.6 Å². The number of rotatable bonds is 8. The predicted molar refractivity (Wildman–Crippen MR) is 134 cm³/mol. The average molecular weight is 520 g/mol. The molecular weight excluding hydrogens is 468 g/mol. The van der Waals surface area contributed by atoms with Crippen LogP contribution in [0.5, 0.6) is 0 Å². The van der Waals surface area contributed by atoms with Crippen LogP contribution in [0.1, 0.15) is 53.4 Å². The fourth-order valence-electron chi connectivity index (χ4n) is 3.58. The Labute approximate surface area is 274 Å². The zero-order chi connectivity index (χ0) is 21.5. The standard InChI is InChI=1S/C12H28N.C9H7N.C4H12N.K.Na.4H2O/c1-5-9-13(10-6-2,11-7-3)12-8-4;1-2-6-9-8(4-1)5-3-7-10-9;1-5(2,3)4;;;;;;/h5-12H2,1-4H3;1-7H;1-4H3;;;4*1H2/q+1;;3*+1;;;;/p-4. The number of pyridine rings is 1. The Morgan fingerprint density at radius 3 is 1.26 bits per heavy atom. The van der Waals surface area contributed by atoms with Crippen LogP contribution in [0.4, 0.5) is 0 Å². The minimum Gasteiger partial charge on any atom is -0.870 e. The molecule has 0 amide bonds. The summed E-state index contributed by atoms with van der Waals surface area (Å²) in [5.41, 5.74) is 1.06. The topological polar surface area (TPSA) is 133 Å². The van der Waals surface area contributed by atoms with E-state index in [0.717, 1.165) is 10.00 Å². The molecule has 0 bridgehead atoms. The van der Waals surface area contributed by atoms with E-state index in [1.165, 1.54) is 61.7 Å². The third-order valence-electron chi connectivity index (χ3n) is 4.30. The molecule has 0 saturated carbocycles. The molecular formula is C25H51KN3NaO4. The molecule has 0 aliphatic rings. The van der Waals surface area contributed by atoms with Gasteiger partial charge >= 0.3 is 80.9 Å². The maximum Gasteiger partial charge on any atom is 1.00 e. The van der Waals surface area contributed by atoms with Gasteiger partial charge in [0.15, 0.2) is 0 Å². The summed E-state index contributed by atoms with van der Waals surface area (Å²) < 4.78 is 2.38. The van der Waals surface area contributed by atoms with Crippen LogP contribution in [0.25, 0.3) is 10.9 Å². The third kappa shape index (κ3) is 27.6. The van der Waals surface area contributed by atoms with Gasteiger partial charge in [-0.2, -0.15) is 0 Å². The molecule has 1 aromatic heterocycles. The molecule has 1 aromatic carbocycles. The Kier molecular flexibility index (Phi) is 45.9. The van der Waals surface area contributed by atoms with Crippen LogP contribution < -0.4 is 80.9 Å². The van der Waals surface area contributed by atoms with Gasteiger partial charge in [-0.1, -0.05) is 52.0 Å². The molecule has 1 heterocycles. The van der Waals surface area contributed by atoms with Crippen LogP contribution in [-0.4, -0.2) is 90.2 Å². The number of para-hydroxylation sites is 1. The first kappa shape index (κ1) is 51.6. The van der Waals surface area contributed by atoms with Gasteiger partial charge in [-0.3, -0.25) is 4.98 Å². The molecule has 2 rings (SSSR count). The zero-order valence-corrected chi connectivity index (χ0v) is 29.0. The maximum absolute atomic E-state index is 4.18. The van der Waals surface area contributed by atoms with Crippen LogP contribution in [0.3, 0.4) is 0 Å². The fraction of sp³-hybridized carbons (Fsp3) is 0.640. The third-order valence-corrected chi connectivity index (χ3v) is 4.30. The van der Waals surface area contributed by atoms with E-state index >= 15 is 0 Å². The van der Waals surface area contributed by atoms with E-state index in [1.807, 2.05) is 30.5 Å². The second-order valence-electron chi connectivity index (χ2n) is 9.12. The first-order chi connectivity index (χ1) is 13.2. The number of quaternary nitrogens is 2. The molecule has 192 valence electrons. The SMILES string of the molecule is CCC[N+](CCC)(CCC)CCC.C[N+](C)(C)C.[K+].[Na+].[OH-].[OH-].[OH-].[OH-].c1ccc2ncccc2c1. The molecule has 0 aliphatic carbocycles. The van der Waals surface area contributed by atoms with Gasteiger partial charge in [0.2, 0.25) is 0 Å². The Morgan fingerprint density at radius 1 is 0.618 bits per heavy atom. The zero-order valence-electron chi connectivity index (χ0n) is 23.8. The number of nitrogens with zero attached hydrogens (tertiary/aromatic N) is 3. The Morgan fingerprint density at radius 2 is 0.941 bits per heavy atom. The second kappa shape index (κ2) is 30.3. The molecule has 34 heavy (non-hydrogen) atoms. The number of benzene rings is 1. The first-order valence-electron chi connectivity index (χ1n) is 11.1. The van der Waals surface area contributed by atoms with Crippen LogP contribution in [0.15, 0.2) is 42.6 Å². The maximum atomic E-state index is 4.18. The Bertz CT molecular complexity index is 546. The quantitative estimate of drug-likeness (QED) is 0.336. The van der Waals surface area contributed by atoms with Gasteiger partial charge in [-0.15, -0.1) is 0 Å². The van der Waals surface area contributed by atoms with Crippen molar-refractivity contribution in [2.24, 2.45) is 0 Å². The molecule has 0 saturated heterocycles. The van der Waals surface area contributed by atoms with Crippen LogP contribution in [0, 0.1) is 0 Å². The monoisotopic (exact) mass is 519 g/mol. The molecule has 0 fully saturated rings. The minimum atomic E-state index is 0. The predicted octanol–water partition coefficient (Wildman–Crippen LogP) is -0.699. The van der Waals surface area contributed by atoms with E-state index in [4.69, 9.17) is 0 Å². The summed E-state index contributed by atoms with van der Waals surface area (Å²) in [5.74, 6) is 0. The fourth-order valence-corrected chi connectivity index (χ4v) is 3.58. The van der Waals surface area contributed by atoms with Gasteiger partial charge in [-0.05, 0) is 37.8 Å². The van der Waals surface area contributed by atoms with Gasteiger partial charge in [0.25, 0.3) is 0 Å².